The molecule has 0 aromatic heterocycles. The van der Waals surface area contributed by atoms with Gasteiger partial charge in [-0.15, -0.1) is 0 Å². The maximum atomic E-state index is 13.4. The first-order chi connectivity index (χ1) is 16.3. The van der Waals surface area contributed by atoms with Crippen molar-refractivity contribution in [2.24, 2.45) is 11.8 Å². The molecule has 2 aromatic rings. The van der Waals surface area contributed by atoms with Crippen molar-refractivity contribution < 1.29 is 44.3 Å². The molecule has 35 heavy (non-hydrogen) atoms. The van der Waals surface area contributed by atoms with Crippen molar-refractivity contribution in [2.75, 3.05) is 31.1 Å². The molecule has 2 atom stereocenters. The zero-order chi connectivity index (χ0) is 25.6. The van der Waals surface area contributed by atoms with Gasteiger partial charge < -0.3 is 9.64 Å². The van der Waals surface area contributed by atoms with Gasteiger partial charge in [0.05, 0.1) is 16.4 Å². The topological polar surface area (TPSA) is 66.9 Å². The number of carbonyl (C=O) groups is 1. The number of amides is 1. The molecule has 4 rings (SSSR count). The van der Waals surface area contributed by atoms with Crippen LogP contribution in [0.1, 0.15) is 12.0 Å². The Kier molecular flexibility index (Phi) is 6.51. The smallest absolute Gasteiger partial charge is 0.422 e. The summed E-state index contributed by atoms with van der Waals surface area (Å²) in [5.41, 5.74) is -0.868. The lowest BCUT2D eigenvalue weighted by molar-refractivity contribution is -0.153. The molecular formula is C22H20F6N2O4S. The zero-order valence-corrected chi connectivity index (χ0v) is 18.8. The van der Waals surface area contributed by atoms with Crippen LogP contribution in [0.4, 0.5) is 32.0 Å². The number of ether oxygens (including phenoxy) is 1. The highest BCUT2D eigenvalue weighted by Crippen LogP contribution is 2.40. The summed E-state index contributed by atoms with van der Waals surface area (Å²) in [7, 11) is -4.51. The van der Waals surface area contributed by atoms with E-state index in [2.05, 4.69) is 4.74 Å². The largest absolute Gasteiger partial charge is 0.484 e. The normalized spacial score (nSPS) is 21.8. The quantitative estimate of drug-likeness (QED) is 0.549. The summed E-state index contributed by atoms with van der Waals surface area (Å²) < 4.78 is 109. The van der Waals surface area contributed by atoms with Crippen LogP contribution in [0, 0.1) is 11.8 Å². The molecule has 0 bridgehead atoms. The predicted octanol–water partition coefficient (Wildman–Crippen LogP) is 4.32. The van der Waals surface area contributed by atoms with Crippen LogP contribution in [0.25, 0.3) is 0 Å². The van der Waals surface area contributed by atoms with Gasteiger partial charge in [-0.2, -0.15) is 30.6 Å². The number of anilines is 1. The van der Waals surface area contributed by atoms with E-state index in [1.165, 1.54) is 35.2 Å². The van der Waals surface area contributed by atoms with E-state index in [1.54, 1.807) is 0 Å². The second-order valence-electron chi connectivity index (χ2n) is 8.36. The van der Waals surface area contributed by atoms with Crippen LogP contribution in [0.15, 0.2) is 53.4 Å². The van der Waals surface area contributed by atoms with E-state index in [-0.39, 0.29) is 31.3 Å². The van der Waals surface area contributed by atoms with Crippen LogP contribution in [-0.2, 0) is 21.0 Å². The second-order valence-corrected chi connectivity index (χ2v) is 10.3. The summed E-state index contributed by atoms with van der Waals surface area (Å²) in [6, 6.07) is 9.34. The lowest BCUT2D eigenvalue weighted by Crippen LogP contribution is -2.45. The fourth-order valence-electron chi connectivity index (χ4n) is 4.41. The number of fused-ring (bicyclic) bond motifs is 1. The first-order valence-corrected chi connectivity index (χ1v) is 12.0. The van der Waals surface area contributed by atoms with E-state index in [0.29, 0.717) is 18.2 Å². The Morgan fingerprint density at radius 2 is 1.60 bits per heavy atom. The van der Waals surface area contributed by atoms with Crippen LogP contribution in [-0.4, -0.2) is 51.0 Å². The molecule has 2 aliphatic heterocycles. The van der Waals surface area contributed by atoms with Gasteiger partial charge >= 0.3 is 12.4 Å². The third-order valence-electron chi connectivity index (χ3n) is 6.08. The first kappa shape index (κ1) is 25.3. The number of halogens is 6. The van der Waals surface area contributed by atoms with Gasteiger partial charge in [-0.05, 0) is 48.7 Å². The summed E-state index contributed by atoms with van der Waals surface area (Å²) >= 11 is 0. The van der Waals surface area contributed by atoms with Crippen LogP contribution in [0.3, 0.4) is 0 Å². The third-order valence-corrected chi connectivity index (χ3v) is 7.97. The number of alkyl halides is 6. The highest BCUT2D eigenvalue weighted by molar-refractivity contribution is 7.89. The van der Waals surface area contributed by atoms with Gasteiger partial charge in [0.15, 0.2) is 6.61 Å². The SMILES string of the molecule is O=C1[C@H]2CN(S(=O)(=O)c3ccccc3C(F)(F)F)C[C@H]2CCN1c1ccc(OCC(F)(F)F)cc1. The maximum absolute atomic E-state index is 13.4. The van der Waals surface area contributed by atoms with Gasteiger partial charge in [-0.1, -0.05) is 12.1 Å². The van der Waals surface area contributed by atoms with Crippen molar-refractivity contribution in [3.05, 3.63) is 54.1 Å². The van der Waals surface area contributed by atoms with Crippen molar-refractivity contribution in [2.45, 2.75) is 23.7 Å². The molecule has 0 radical (unpaired) electrons. The minimum atomic E-state index is -4.86. The maximum Gasteiger partial charge on any atom is 0.422 e. The van der Waals surface area contributed by atoms with E-state index in [0.717, 1.165) is 16.4 Å². The standard InChI is InChI=1S/C22H20F6N2O4S/c23-21(24,25)13-34-16-7-5-15(6-8-16)30-10-9-14-11-29(12-17(14)20(30)31)35(32,33)19-4-2-1-3-18(19)22(26,27)28/h1-8,14,17H,9-13H2/t14-,17+/m1/s1. The molecule has 13 heteroatoms. The lowest BCUT2D eigenvalue weighted by Gasteiger charge is -2.33. The van der Waals surface area contributed by atoms with E-state index < -0.39 is 51.3 Å². The molecule has 0 saturated carbocycles. The average Bonchev–Trinajstić information content (AvgIpc) is 3.24. The minimum Gasteiger partial charge on any atom is -0.484 e. The summed E-state index contributed by atoms with van der Waals surface area (Å²) in [6.45, 7) is -1.57. The minimum absolute atomic E-state index is 0.0325. The molecule has 2 aliphatic rings. The number of sulfonamides is 1. The van der Waals surface area contributed by atoms with E-state index in [4.69, 9.17) is 0 Å². The molecule has 0 aliphatic carbocycles. The Labute approximate surface area is 197 Å². The summed E-state index contributed by atoms with van der Waals surface area (Å²) in [4.78, 5) is 13.7. The van der Waals surface area contributed by atoms with Crippen LogP contribution in [0.5, 0.6) is 5.75 Å². The first-order valence-electron chi connectivity index (χ1n) is 10.5. The molecular weight excluding hydrogens is 502 g/mol. The summed E-state index contributed by atoms with van der Waals surface area (Å²) in [6.07, 6.45) is -8.94. The zero-order valence-electron chi connectivity index (χ0n) is 18.0. The van der Waals surface area contributed by atoms with Gasteiger partial charge in [0, 0.05) is 25.3 Å². The number of hydrogen-bond acceptors (Lipinski definition) is 4. The molecule has 1 amide bonds. The Morgan fingerprint density at radius 3 is 2.23 bits per heavy atom. The Morgan fingerprint density at radius 1 is 0.943 bits per heavy atom. The molecule has 2 fully saturated rings. The Bertz CT molecular complexity index is 1200. The van der Waals surface area contributed by atoms with Crippen molar-refractivity contribution >= 4 is 21.6 Å². The molecule has 0 spiro atoms. The van der Waals surface area contributed by atoms with E-state index >= 15 is 0 Å². The van der Waals surface area contributed by atoms with Crippen molar-refractivity contribution in [1.29, 1.82) is 0 Å². The molecule has 6 nitrogen and oxygen atoms in total. The second kappa shape index (κ2) is 9.01. The van der Waals surface area contributed by atoms with Crippen LogP contribution in [0.2, 0.25) is 0 Å². The summed E-state index contributed by atoms with van der Waals surface area (Å²) in [5, 5.41) is 0. The predicted molar refractivity (Wildman–Crippen MR) is 112 cm³/mol. The number of rotatable bonds is 5. The fraction of sp³-hybridized carbons (Fsp3) is 0.409. The highest BCUT2D eigenvalue weighted by atomic mass is 32.2. The Hall–Kier alpha value is -2.80. The molecule has 2 heterocycles. The fourth-order valence-corrected chi connectivity index (χ4v) is 6.15. The van der Waals surface area contributed by atoms with Gasteiger partial charge in [0.2, 0.25) is 15.9 Å². The number of nitrogens with zero attached hydrogens (tertiary/aromatic N) is 2. The van der Waals surface area contributed by atoms with Gasteiger partial charge in [-0.3, -0.25) is 4.79 Å². The highest BCUT2D eigenvalue weighted by Gasteiger charge is 2.48. The third kappa shape index (κ3) is 5.25. The van der Waals surface area contributed by atoms with Crippen molar-refractivity contribution in [3.8, 4) is 5.75 Å². The molecule has 2 aromatic carbocycles. The van der Waals surface area contributed by atoms with Gasteiger partial charge in [0.25, 0.3) is 0 Å². The van der Waals surface area contributed by atoms with Crippen molar-refractivity contribution in [1.82, 2.24) is 4.31 Å². The van der Waals surface area contributed by atoms with E-state index in [9.17, 15) is 39.6 Å². The van der Waals surface area contributed by atoms with Crippen LogP contribution >= 0.6 is 0 Å². The lowest BCUT2D eigenvalue weighted by atomic mass is 9.87. The Balaban J connectivity index is 1.50. The average molecular weight is 522 g/mol. The summed E-state index contributed by atoms with van der Waals surface area (Å²) in [5.74, 6) is -1.54. The number of hydrogen-bond donors (Lipinski definition) is 0. The molecule has 190 valence electrons. The van der Waals surface area contributed by atoms with Crippen molar-refractivity contribution in [3.63, 3.8) is 0 Å². The number of benzene rings is 2. The van der Waals surface area contributed by atoms with Gasteiger partial charge in [-0.25, -0.2) is 8.42 Å². The number of carbonyl (C=O) groups excluding carboxylic acids is 1. The monoisotopic (exact) mass is 522 g/mol. The molecule has 0 N–H and O–H groups in total. The number of piperidine rings is 1. The molecule has 0 unspecified atom stereocenters. The molecule has 2 saturated heterocycles. The van der Waals surface area contributed by atoms with Gasteiger partial charge in [0.1, 0.15) is 5.75 Å². The van der Waals surface area contributed by atoms with Crippen LogP contribution < -0.4 is 9.64 Å². The van der Waals surface area contributed by atoms with E-state index in [1.807, 2.05) is 0 Å².